The Bertz CT molecular complexity index is 240. The summed E-state index contributed by atoms with van der Waals surface area (Å²) in [6, 6.07) is 0. The van der Waals surface area contributed by atoms with Crippen LogP contribution in [0.1, 0.15) is 33.6 Å². The highest BCUT2D eigenvalue weighted by Gasteiger charge is 2.37. The van der Waals surface area contributed by atoms with Crippen LogP contribution in [0.15, 0.2) is 0 Å². The molecule has 0 bridgehead atoms. The highest BCUT2D eigenvalue weighted by molar-refractivity contribution is 6.74. The second kappa shape index (κ2) is 5.80. The lowest BCUT2D eigenvalue weighted by Gasteiger charge is -2.37. The second-order valence-electron chi connectivity index (χ2n) is 6.65. The Labute approximate surface area is 107 Å². The number of hydrogen-bond donors (Lipinski definition) is 0. The van der Waals surface area contributed by atoms with E-state index in [1.165, 1.54) is 0 Å². The van der Waals surface area contributed by atoms with Crippen LogP contribution in [-0.2, 0) is 4.43 Å². The third-order valence-corrected chi connectivity index (χ3v) is 8.66. The van der Waals surface area contributed by atoms with E-state index in [4.69, 9.17) is 4.43 Å². The van der Waals surface area contributed by atoms with Gasteiger partial charge in [-0.2, -0.15) is 0 Å². The van der Waals surface area contributed by atoms with E-state index in [0.29, 0.717) is 6.54 Å². The fourth-order valence-corrected chi connectivity index (χ4v) is 2.88. The topological polar surface area (TPSA) is 12.5 Å². The van der Waals surface area contributed by atoms with Crippen LogP contribution in [-0.4, -0.2) is 45.6 Å². The lowest BCUT2D eigenvalue weighted by molar-refractivity contribution is 0.118. The van der Waals surface area contributed by atoms with E-state index < -0.39 is 14.5 Å². The molecule has 0 N–H and O–H groups in total. The summed E-state index contributed by atoms with van der Waals surface area (Å²) in [5, 5.41) is 0.261. The second-order valence-corrected chi connectivity index (χ2v) is 11.5. The average molecular weight is 261 g/mol. The van der Waals surface area contributed by atoms with E-state index in [2.05, 4.69) is 38.8 Å². The Balaban J connectivity index is 2.28. The summed E-state index contributed by atoms with van der Waals surface area (Å²) >= 11 is 0. The van der Waals surface area contributed by atoms with Gasteiger partial charge in [0, 0.05) is 19.7 Å². The predicted molar refractivity (Wildman–Crippen MR) is 73.7 cm³/mol. The third kappa shape index (κ3) is 4.68. The first-order valence-corrected chi connectivity index (χ1v) is 9.63. The molecule has 1 saturated heterocycles. The molecule has 1 aliphatic heterocycles. The number of rotatable bonds is 4. The number of hydrogen-bond acceptors (Lipinski definition) is 2. The molecule has 1 fully saturated rings. The molecule has 1 unspecified atom stereocenters. The van der Waals surface area contributed by atoms with Crippen LogP contribution in [0.2, 0.25) is 18.1 Å². The van der Waals surface area contributed by atoms with Gasteiger partial charge in [0.25, 0.3) is 0 Å². The molecule has 0 saturated carbocycles. The van der Waals surface area contributed by atoms with E-state index in [-0.39, 0.29) is 5.04 Å². The van der Waals surface area contributed by atoms with Crippen LogP contribution >= 0.6 is 0 Å². The van der Waals surface area contributed by atoms with Crippen LogP contribution in [0.3, 0.4) is 0 Å². The molecule has 1 atom stereocenters. The predicted octanol–water partition coefficient (Wildman–Crippen LogP) is 3.44. The molecule has 0 aromatic carbocycles. The highest BCUT2D eigenvalue weighted by atomic mass is 28.4. The average Bonchev–Trinajstić information content (AvgIpc) is 2.15. The van der Waals surface area contributed by atoms with E-state index in [0.717, 1.165) is 32.5 Å². The Hall–Kier alpha value is 0.0669. The molecule has 0 spiro atoms. The van der Waals surface area contributed by atoms with E-state index in [1.54, 1.807) is 0 Å². The zero-order valence-corrected chi connectivity index (χ0v) is 13.1. The van der Waals surface area contributed by atoms with Crippen molar-refractivity contribution in [1.82, 2.24) is 4.90 Å². The fourth-order valence-electron chi connectivity index (χ4n) is 1.85. The van der Waals surface area contributed by atoms with Gasteiger partial charge in [-0.15, -0.1) is 0 Å². The summed E-state index contributed by atoms with van der Waals surface area (Å²) in [4.78, 5) is 2.20. The van der Waals surface area contributed by atoms with E-state index in [9.17, 15) is 4.39 Å². The van der Waals surface area contributed by atoms with Crippen molar-refractivity contribution in [3.63, 3.8) is 0 Å². The minimum absolute atomic E-state index is 0.261. The Morgan fingerprint density at radius 2 is 2.00 bits per heavy atom. The largest absolute Gasteiger partial charge is 0.416 e. The van der Waals surface area contributed by atoms with E-state index in [1.807, 2.05) is 0 Å². The van der Waals surface area contributed by atoms with E-state index >= 15 is 0 Å². The van der Waals surface area contributed by atoms with Crippen molar-refractivity contribution in [2.24, 2.45) is 0 Å². The Morgan fingerprint density at radius 1 is 1.35 bits per heavy atom. The first-order chi connectivity index (χ1) is 7.72. The van der Waals surface area contributed by atoms with Gasteiger partial charge in [-0.05, 0) is 37.5 Å². The van der Waals surface area contributed by atoms with Gasteiger partial charge in [0.15, 0.2) is 8.32 Å². The molecule has 0 aliphatic carbocycles. The lowest BCUT2D eigenvalue weighted by Crippen LogP contribution is -2.44. The molecule has 1 aliphatic rings. The minimum Gasteiger partial charge on any atom is -0.416 e. The minimum atomic E-state index is -1.63. The maximum Gasteiger partial charge on any atom is 0.192 e. The maximum absolute atomic E-state index is 13.2. The summed E-state index contributed by atoms with van der Waals surface area (Å²) in [6.45, 7) is 14.5. The number of alkyl halides is 1. The van der Waals surface area contributed by atoms with Gasteiger partial charge in [-0.1, -0.05) is 20.8 Å². The van der Waals surface area contributed by atoms with Crippen LogP contribution in [0.4, 0.5) is 4.39 Å². The van der Waals surface area contributed by atoms with Crippen molar-refractivity contribution < 1.29 is 8.82 Å². The molecule has 0 amide bonds. The lowest BCUT2D eigenvalue weighted by atomic mass is 10.1. The smallest absolute Gasteiger partial charge is 0.192 e. The highest BCUT2D eigenvalue weighted by Crippen LogP contribution is 2.36. The zero-order chi connectivity index (χ0) is 13.1. The van der Waals surface area contributed by atoms with Gasteiger partial charge < -0.3 is 4.43 Å². The summed E-state index contributed by atoms with van der Waals surface area (Å²) in [5.41, 5.74) is 0. The first kappa shape index (κ1) is 15.1. The summed E-state index contributed by atoms with van der Waals surface area (Å²) in [5.74, 6) is 0. The Morgan fingerprint density at radius 3 is 2.53 bits per heavy atom. The summed E-state index contributed by atoms with van der Waals surface area (Å²) in [6.07, 6.45) is 1.09. The van der Waals surface area contributed by atoms with Crippen molar-refractivity contribution in [3.05, 3.63) is 0 Å². The molecule has 17 heavy (non-hydrogen) atoms. The summed E-state index contributed by atoms with van der Waals surface area (Å²) in [7, 11) is -1.63. The number of halogens is 1. The number of likely N-dealkylation sites (tertiary alicyclic amines) is 1. The van der Waals surface area contributed by atoms with Gasteiger partial charge in [-0.25, -0.2) is 4.39 Å². The monoisotopic (exact) mass is 261 g/mol. The van der Waals surface area contributed by atoms with Crippen molar-refractivity contribution in [3.8, 4) is 0 Å². The van der Waals surface area contributed by atoms with Gasteiger partial charge >= 0.3 is 0 Å². The molecule has 4 heteroatoms. The van der Waals surface area contributed by atoms with Gasteiger partial charge in [0.05, 0.1) is 0 Å². The van der Waals surface area contributed by atoms with Crippen molar-refractivity contribution in [1.29, 1.82) is 0 Å². The zero-order valence-electron chi connectivity index (χ0n) is 12.1. The van der Waals surface area contributed by atoms with Gasteiger partial charge in [0.1, 0.15) is 6.17 Å². The molecule has 0 radical (unpaired) electrons. The molecule has 1 heterocycles. The van der Waals surface area contributed by atoms with Crippen LogP contribution < -0.4 is 0 Å². The third-order valence-electron chi connectivity index (χ3n) is 4.12. The Kier molecular flexibility index (Phi) is 5.16. The van der Waals surface area contributed by atoms with Crippen molar-refractivity contribution in [2.75, 3.05) is 26.2 Å². The molecule has 0 aromatic rings. The quantitative estimate of drug-likeness (QED) is 0.719. The molecular weight excluding hydrogens is 233 g/mol. The first-order valence-electron chi connectivity index (χ1n) is 6.73. The number of nitrogens with zero attached hydrogens (tertiary/aromatic N) is 1. The van der Waals surface area contributed by atoms with Crippen LogP contribution in [0.25, 0.3) is 0 Å². The van der Waals surface area contributed by atoms with Gasteiger partial charge in [0.2, 0.25) is 0 Å². The SMILES string of the molecule is CC(C)(C)[Si](C)(C)OCCN1CCCC(F)C1. The van der Waals surface area contributed by atoms with Crippen molar-refractivity contribution >= 4 is 8.32 Å². The van der Waals surface area contributed by atoms with Gasteiger partial charge in [-0.3, -0.25) is 4.90 Å². The normalized spacial score (nSPS) is 24.0. The van der Waals surface area contributed by atoms with Crippen LogP contribution in [0, 0.1) is 0 Å². The molecule has 0 aromatic heterocycles. The van der Waals surface area contributed by atoms with Crippen LogP contribution in [0.5, 0.6) is 0 Å². The van der Waals surface area contributed by atoms with Crippen molar-refractivity contribution in [2.45, 2.75) is 57.9 Å². The molecule has 102 valence electrons. The summed E-state index contributed by atoms with van der Waals surface area (Å²) < 4.78 is 19.3. The molecule has 1 rings (SSSR count). The fraction of sp³-hybridized carbons (Fsp3) is 1.00. The maximum atomic E-state index is 13.2. The number of piperidine rings is 1. The molecule has 2 nitrogen and oxygen atoms in total. The molecular formula is C13H28FNOSi. The standard InChI is InChI=1S/C13H28FNOSi/c1-13(2,3)17(4,5)16-10-9-15-8-6-7-12(14)11-15/h12H,6-11H2,1-5H3.